The maximum atomic E-state index is 6.61. The Labute approximate surface area is 108 Å². The summed E-state index contributed by atoms with van der Waals surface area (Å²) in [5.41, 5.74) is 0.101. The minimum atomic E-state index is 0.101. The van der Waals surface area contributed by atoms with Gasteiger partial charge < -0.3 is 4.74 Å². The van der Waals surface area contributed by atoms with Crippen molar-refractivity contribution in [1.82, 2.24) is 0 Å². The lowest BCUT2D eigenvalue weighted by Crippen LogP contribution is -2.41. The van der Waals surface area contributed by atoms with Gasteiger partial charge in [0, 0.05) is 0 Å². The zero-order valence-electron chi connectivity index (χ0n) is 13.1. The molecule has 1 aliphatic rings. The van der Waals surface area contributed by atoms with Crippen molar-refractivity contribution < 1.29 is 4.74 Å². The third-order valence-electron chi connectivity index (χ3n) is 4.80. The molecule has 17 heavy (non-hydrogen) atoms. The molecule has 1 rings (SSSR count). The van der Waals surface area contributed by atoms with Crippen molar-refractivity contribution in [2.75, 3.05) is 0 Å². The Morgan fingerprint density at radius 2 is 1.29 bits per heavy atom. The Bertz CT molecular complexity index is 214. The van der Waals surface area contributed by atoms with Crippen molar-refractivity contribution in [3.05, 3.63) is 0 Å². The molecule has 0 radical (unpaired) electrons. The molecular formula is C16H32O. The molecule has 0 saturated carbocycles. The van der Waals surface area contributed by atoms with Gasteiger partial charge in [0.2, 0.25) is 0 Å². The van der Waals surface area contributed by atoms with E-state index >= 15 is 0 Å². The van der Waals surface area contributed by atoms with Gasteiger partial charge in [0.1, 0.15) is 0 Å². The molecule has 2 atom stereocenters. The van der Waals surface area contributed by atoms with Crippen molar-refractivity contribution in [3.8, 4) is 0 Å². The second-order valence-corrected chi connectivity index (χ2v) is 7.20. The van der Waals surface area contributed by atoms with Gasteiger partial charge in [-0.2, -0.15) is 0 Å². The Kier molecular flexibility index (Phi) is 4.68. The minimum Gasteiger partial charge on any atom is -0.371 e. The van der Waals surface area contributed by atoms with E-state index in [0.717, 1.165) is 11.8 Å². The molecule has 2 unspecified atom stereocenters. The fourth-order valence-corrected chi connectivity index (χ4v) is 3.53. The van der Waals surface area contributed by atoms with Crippen LogP contribution >= 0.6 is 0 Å². The first kappa shape index (κ1) is 15.0. The van der Waals surface area contributed by atoms with Crippen LogP contribution < -0.4 is 0 Å². The topological polar surface area (TPSA) is 9.23 Å². The summed E-state index contributed by atoms with van der Waals surface area (Å²) in [4.78, 5) is 0. The molecule has 0 aliphatic carbocycles. The zero-order chi connectivity index (χ0) is 13.4. The fraction of sp³-hybridized carbons (Fsp3) is 1.00. The molecule has 102 valence electrons. The number of rotatable bonds is 4. The summed E-state index contributed by atoms with van der Waals surface area (Å²) in [7, 11) is 0. The Hall–Kier alpha value is -0.0400. The monoisotopic (exact) mass is 240 g/mol. The molecular weight excluding hydrogens is 208 g/mol. The highest BCUT2D eigenvalue weighted by atomic mass is 16.5. The van der Waals surface area contributed by atoms with Crippen molar-refractivity contribution in [2.45, 2.75) is 73.5 Å². The van der Waals surface area contributed by atoms with Crippen LogP contribution in [-0.2, 0) is 4.74 Å². The van der Waals surface area contributed by atoms with Crippen LogP contribution in [-0.4, -0.2) is 11.7 Å². The summed E-state index contributed by atoms with van der Waals surface area (Å²) in [5.74, 6) is 3.28. The molecule has 1 fully saturated rings. The van der Waals surface area contributed by atoms with E-state index < -0.39 is 0 Å². The maximum absolute atomic E-state index is 6.61. The van der Waals surface area contributed by atoms with Crippen LogP contribution in [0.2, 0.25) is 0 Å². The largest absolute Gasteiger partial charge is 0.371 e. The predicted octanol–water partition coefficient (Wildman–Crippen LogP) is 4.75. The van der Waals surface area contributed by atoms with Gasteiger partial charge >= 0.3 is 0 Å². The van der Waals surface area contributed by atoms with Gasteiger partial charge in [-0.15, -0.1) is 0 Å². The molecule has 1 nitrogen and oxygen atoms in total. The van der Waals surface area contributed by atoms with Crippen LogP contribution in [0.15, 0.2) is 0 Å². The highest BCUT2D eigenvalue weighted by molar-refractivity contribution is 4.99. The first-order valence-electron chi connectivity index (χ1n) is 7.40. The van der Waals surface area contributed by atoms with E-state index in [9.17, 15) is 0 Å². The lowest BCUT2D eigenvalue weighted by molar-refractivity contribution is -0.116. The Morgan fingerprint density at radius 1 is 0.824 bits per heavy atom. The van der Waals surface area contributed by atoms with Gasteiger partial charge in [-0.1, -0.05) is 55.4 Å². The summed E-state index contributed by atoms with van der Waals surface area (Å²) < 4.78 is 6.61. The first-order chi connectivity index (χ1) is 7.72. The summed E-state index contributed by atoms with van der Waals surface area (Å²) in [6, 6.07) is 0. The van der Waals surface area contributed by atoms with Crippen molar-refractivity contribution in [2.24, 2.45) is 29.6 Å². The average molecular weight is 240 g/mol. The number of ether oxygens (including phenoxy) is 1. The van der Waals surface area contributed by atoms with Crippen molar-refractivity contribution >= 4 is 0 Å². The molecule has 0 bridgehead atoms. The van der Waals surface area contributed by atoms with Crippen LogP contribution in [0.5, 0.6) is 0 Å². The van der Waals surface area contributed by atoms with E-state index in [-0.39, 0.29) is 5.60 Å². The number of hydrogen-bond donors (Lipinski definition) is 0. The number of hydrogen-bond acceptors (Lipinski definition) is 1. The Morgan fingerprint density at radius 3 is 1.53 bits per heavy atom. The van der Waals surface area contributed by atoms with Crippen LogP contribution in [0.4, 0.5) is 0 Å². The molecule has 0 amide bonds. The molecule has 1 aliphatic heterocycles. The fourth-order valence-electron chi connectivity index (χ4n) is 3.53. The highest BCUT2D eigenvalue weighted by Gasteiger charge is 2.51. The van der Waals surface area contributed by atoms with E-state index in [1.54, 1.807) is 0 Å². The van der Waals surface area contributed by atoms with Gasteiger partial charge in [0.25, 0.3) is 0 Å². The molecule has 0 spiro atoms. The van der Waals surface area contributed by atoms with Crippen molar-refractivity contribution in [1.29, 1.82) is 0 Å². The predicted molar refractivity (Wildman–Crippen MR) is 75.1 cm³/mol. The van der Waals surface area contributed by atoms with Crippen LogP contribution in [0.1, 0.15) is 61.8 Å². The average Bonchev–Trinajstić information content (AvgIpc) is 2.58. The van der Waals surface area contributed by atoms with Crippen molar-refractivity contribution in [3.63, 3.8) is 0 Å². The van der Waals surface area contributed by atoms with Crippen LogP contribution in [0, 0.1) is 29.6 Å². The molecule has 1 heterocycles. The van der Waals surface area contributed by atoms with E-state index in [1.807, 2.05) is 0 Å². The van der Waals surface area contributed by atoms with E-state index in [2.05, 4.69) is 55.4 Å². The third kappa shape index (κ3) is 2.70. The quantitative estimate of drug-likeness (QED) is 0.689. The molecule has 1 heteroatoms. The minimum absolute atomic E-state index is 0.101. The normalized spacial score (nSPS) is 28.9. The Balaban J connectivity index is 3.00. The van der Waals surface area contributed by atoms with Crippen LogP contribution in [0.3, 0.4) is 0 Å². The SMILES string of the molecule is CC(C)C1CC(C(C)C)(C(C)C)OC1C(C)C. The molecule has 0 aromatic rings. The zero-order valence-corrected chi connectivity index (χ0v) is 13.1. The second-order valence-electron chi connectivity index (χ2n) is 7.20. The highest BCUT2D eigenvalue weighted by Crippen LogP contribution is 2.49. The standard InChI is InChI=1S/C16H32O/c1-10(2)14-9-16(12(5)6,13(7)8)17-15(14)11(3)4/h10-15H,9H2,1-8H3. The summed E-state index contributed by atoms with van der Waals surface area (Å²) in [6.07, 6.45) is 1.68. The van der Waals surface area contributed by atoms with Gasteiger partial charge in [0.15, 0.2) is 0 Å². The summed E-state index contributed by atoms with van der Waals surface area (Å²) in [6.45, 7) is 18.6. The smallest absolute Gasteiger partial charge is 0.0735 e. The lowest BCUT2D eigenvalue weighted by atomic mass is 9.73. The van der Waals surface area contributed by atoms with Gasteiger partial charge in [-0.05, 0) is 36.0 Å². The van der Waals surface area contributed by atoms with E-state index in [1.165, 1.54) is 6.42 Å². The molecule has 0 aromatic carbocycles. The van der Waals surface area contributed by atoms with E-state index in [0.29, 0.717) is 23.9 Å². The molecule has 0 N–H and O–H groups in total. The van der Waals surface area contributed by atoms with E-state index in [4.69, 9.17) is 4.74 Å². The maximum Gasteiger partial charge on any atom is 0.0735 e. The summed E-state index contributed by atoms with van der Waals surface area (Å²) >= 11 is 0. The molecule has 1 saturated heterocycles. The second kappa shape index (κ2) is 5.30. The summed E-state index contributed by atoms with van der Waals surface area (Å²) in [5, 5.41) is 0. The molecule has 0 aromatic heterocycles. The van der Waals surface area contributed by atoms with Gasteiger partial charge in [-0.25, -0.2) is 0 Å². The first-order valence-corrected chi connectivity index (χ1v) is 7.40. The lowest BCUT2D eigenvalue weighted by Gasteiger charge is -2.38. The third-order valence-corrected chi connectivity index (χ3v) is 4.80. The van der Waals surface area contributed by atoms with Gasteiger partial charge in [-0.3, -0.25) is 0 Å². The van der Waals surface area contributed by atoms with Gasteiger partial charge in [0.05, 0.1) is 11.7 Å². The van der Waals surface area contributed by atoms with Crippen LogP contribution in [0.25, 0.3) is 0 Å².